The highest BCUT2D eigenvalue weighted by molar-refractivity contribution is 6.33. The number of carbonyl (C=O) groups excluding carboxylic acids is 1. The van der Waals surface area contributed by atoms with Crippen LogP contribution in [0.2, 0.25) is 10.3 Å². The van der Waals surface area contributed by atoms with Crippen molar-refractivity contribution in [2.24, 2.45) is 0 Å². The second-order valence-electron chi connectivity index (χ2n) is 4.34. The summed E-state index contributed by atoms with van der Waals surface area (Å²) in [5.74, 6) is -0.192. The van der Waals surface area contributed by atoms with Crippen LogP contribution >= 0.6 is 23.2 Å². The molecule has 18 heavy (non-hydrogen) atoms. The Balaban J connectivity index is 2.01. The van der Waals surface area contributed by atoms with Crippen molar-refractivity contribution in [3.8, 4) is 0 Å². The van der Waals surface area contributed by atoms with Crippen molar-refractivity contribution in [3.63, 3.8) is 0 Å². The largest absolute Gasteiger partial charge is 0.285 e. The van der Waals surface area contributed by atoms with Gasteiger partial charge in [-0.05, 0) is 25.0 Å². The first-order valence-electron chi connectivity index (χ1n) is 6.04. The van der Waals surface area contributed by atoms with Crippen molar-refractivity contribution in [2.75, 3.05) is 13.1 Å². The van der Waals surface area contributed by atoms with Crippen LogP contribution in [0.1, 0.15) is 36.0 Å². The molecule has 0 saturated carbocycles. The predicted octanol–water partition coefficient (Wildman–Crippen LogP) is 2.91. The van der Waals surface area contributed by atoms with Crippen molar-refractivity contribution < 1.29 is 4.79 Å². The van der Waals surface area contributed by atoms with Crippen molar-refractivity contribution in [1.29, 1.82) is 0 Å². The molecule has 1 aromatic rings. The van der Waals surface area contributed by atoms with E-state index >= 15 is 0 Å². The fraction of sp³-hybridized carbons (Fsp3) is 0.500. The standard InChI is InChI=1S/C12H15Cl2N3O/c13-10-7-9(8-11(14)15-10)12(18)16-17-5-3-1-2-4-6-17/h7-8H,1-6H2,(H,16,18). The lowest BCUT2D eigenvalue weighted by molar-refractivity contribution is 0.0794. The lowest BCUT2D eigenvalue weighted by atomic mass is 10.2. The number of hydrogen-bond donors (Lipinski definition) is 1. The lowest BCUT2D eigenvalue weighted by Gasteiger charge is -2.20. The number of hydrogen-bond acceptors (Lipinski definition) is 3. The fourth-order valence-electron chi connectivity index (χ4n) is 1.99. The number of nitrogens with one attached hydrogen (secondary N) is 1. The number of hydrazine groups is 1. The van der Waals surface area contributed by atoms with E-state index in [0.29, 0.717) is 5.56 Å². The molecule has 6 heteroatoms. The first kappa shape index (κ1) is 13.6. The van der Waals surface area contributed by atoms with Crippen LogP contribution in [0.4, 0.5) is 0 Å². The number of rotatable bonds is 2. The number of halogens is 2. The van der Waals surface area contributed by atoms with Gasteiger partial charge in [-0.3, -0.25) is 10.2 Å². The second-order valence-corrected chi connectivity index (χ2v) is 5.12. The van der Waals surface area contributed by atoms with Gasteiger partial charge in [0.25, 0.3) is 5.91 Å². The third kappa shape index (κ3) is 3.83. The van der Waals surface area contributed by atoms with Gasteiger partial charge < -0.3 is 0 Å². The minimum Gasteiger partial charge on any atom is -0.285 e. The van der Waals surface area contributed by atoms with E-state index in [9.17, 15) is 4.79 Å². The smallest absolute Gasteiger partial charge is 0.265 e. The van der Waals surface area contributed by atoms with E-state index in [1.165, 1.54) is 25.0 Å². The van der Waals surface area contributed by atoms with Gasteiger partial charge in [0, 0.05) is 18.7 Å². The van der Waals surface area contributed by atoms with Crippen molar-refractivity contribution in [1.82, 2.24) is 15.4 Å². The van der Waals surface area contributed by atoms with Gasteiger partial charge in [-0.15, -0.1) is 0 Å². The van der Waals surface area contributed by atoms with E-state index in [1.807, 2.05) is 5.01 Å². The van der Waals surface area contributed by atoms with Crippen LogP contribution in [0.15, 0.2) is 12.1 Å². The Kier molecular flexibility index (Phi) is 4.80. The summed E-state index contributed by atoms with van der Waals surface area (Å²) < 4.78 is 0. The maximum absolute atomic E-state index is 12.0. The highest BCUT2D eigenvalue weighted by Crippen LogP contribution is 2.15. The number of aromatic nitrogens is 1. The summed E-state index contributed by atoms with van der Waals surface area (Å²) in [6.45, 7) is 1.77. The molecule has 4 nitrogen and oxygen atoms in total. The highest BCUT2D eigenvalue weighted by atomic mass is 35.5. The summed E-state index contributed by atoms with van der Waals surface area (Å²) in [4.78, 5) is 15.8. The van der Waals surface area contributed by atoms with E-state index in [4.69, 9.17) is 23.2 Å². The average Bonchev–Trinajstić information content (AvgIpc) is 2.56. The normalized spacial score (nSPS) is 17.2. The Morgan fingerprint density at radius 1 is 1.11 bits per heavy atom. The quantitative estimate of drug-likeness (QED) is 0.851. The molecule has 1 fully saturated rings. The van der Waals surface area contributed by atoms with Gasteiger partial charge in [0.1, 0.15) is 10.3 Å². The van der Waals surface area contributed by atoms with Crippen LogP contribution in [0.3, 0.4) is 0 Å². The monoisotopic (exact) mass is 287 g/mol. The minimum absolute atomic E-state index is 0.192. The van der Waals surface area contributed by atoms with Gasteiger partial charge in [-0.2, -0.15) is 0 Å². The molecule has 0 atom stereocenters. The van der Waals surface area contributed by atoms with Crippen LogP contribution in [0.5, 0.6) is 0 Å². The summed E-state index contributed by atoms with van der Waals surface area (Å²) >= 11 is 11.5. The Hall–Kier alpha value is -0.840. The van der Waals surface area contributed by atoms with Crippen molar-refractivity contribution >= 4 is 29.1 Å². The maximum Gasteiger partial charge on any atom is 0.265 e. The molecular formula is C12H15Cl2N3O. The van der Waals surface area contributed by atoms with E-state index in [1.54, 1.807) is 0 Å². The number of nitrogens with zero attached hydrogens (tertiary/aromatic N) is 2. The SMILES string of the molecule is O=C(NN1CCCCCC1)c1cc(Cl)nc(Cl)c1. The summed E-state index contributed by atoms with van der Waals surface area (Å²) in [6, 6.07) is 3.03. The van der Waals surface area contributed by atoms with Gasteiger partial charge in [0.15, 0.2) is 0 Å². The minimum atomic E-state index is -0.192. The van der Waals surface area contributed by atoms with Crippen molar-refractivity contribution in [2.45, 2.75) is 25.7 Å². The zero-order valence-electron chi connectivity index (χ0n) is 9.96. The predicted molar refractivity (Wildman–Crippen MR) is 71.8 cm³/mol. The molecule has 0 aliphatic carbocycles. The molecule has 0 spiro atoms. The molecule has 1 N–H and O–H groups in total. The van der Waals surface area contributed by atoms with Gasteiger partial charge in [0.2, 0.25) is 0 Å². The Morgan fingerprint density at radius 3 is 2.22 bits per heavy atom. The topological polar surface area (TPSA) is 45.2 Å². The van der Waals surface area contributed by atoms with Gasteiger partial charge in [0.05, 0.1) is 0 Å². The summed E-state index contributed by atoms with van der Waals surface area (Å²) in [5.41, 5.74) is 3.31. The van der Waals surface area contributed by atoms with E-state index in [-0.39, 0.29) is 16.2 Å². The third-order valence-electron chi connectivity index (χ3n) is 2.89. The van der Waals surface area contributed by atoms with E-state index in [0.717, 1.165) is 25.9 Å². The average molecular weight is 288 g/mol. The van der Waals surface area contributed by atoms with Crippen LogP contribution in [-0.4, -0.2) is 29.0 Å². The number of amides is 1. The molecule has 1 aliphatic rings. The molecule has 1 saturated heterocycles. The maximum atomic E-state index is 12.0. The summed E-state index contributed by atoms with van der Waals surface area (Å²) in [6.07, 6.45) is 4.66. The summed E-state index contributed by atoms with van der Waals surface area (Å²) in [5, 5.41) is 2.41. The zero-order chi connectivity index (χ0) is 13.0. The molecule has 1 amide bonds. The van der Waals surface area contributed by atoms with Crippen molar-refractivity contribution in [3.05, 3.63) is 28.0 Å². The number of pyridine rings is 1. The second kappa shape index (κ2) is 6.36. The molecule has 0 aromatic carbocycles. The molecule has 98 valence electrons. The molecule has 2 rings (SSSR count). The van der Waals surface area contributed by atoms with Crippen LogP contribution in [0, 0.1) is 0 Å². The van der Waals surface area contributed by atoms with Crippen LogP contribution in [0.25, 0.3) is 0 Å². The fourth-order valence-corrected chi connectivity index (χ4v) is 2.45. The Labute approximate surface area is 116 Å². The molecule has 1 aliphatic heterocycles. The molecular weight excluding hydrogens is 273 g/mol. The van der Waals surface area contributed by atoms with Gasteiger partial charge >= 0.3 is 0 Å². The van der Waals surface area contributed by atoms with Crippen LogP contribution in [-0.2, 0) is 0 Å². The number of carbonyl (C=O) groups is 1. The lowest BCUT2D eigenvalue weighted by Crippen LogP contribution is -2.42. The van der Waals surface area contributed by atoms with E-state index in [2.05, 4.69) is 10.4 Å². The van der Waals surface area contributed by atoms with Crippen LogP contribution < -0.4 is 5.43 Å². The zero-order valence-corrected chi connectivity index (χ0v) is 11.5. The third-order valence-corrected chi connectivity index (χ3v) is 3.28. The first-order chi connectivity index (χ1) is 8.65. The molecule has 0 unspecified atom stereocenters. The Bertz CT molecular complexity index is 411. The van der Waals surface area contributed by atoms with Gasteiger partial charge in [-0.1, -0.05) is 36.0 Å². The molecule has 0 bridgehead atoms. The van der Waals surface area contributed by atoms with Gasteiger partial charge in [-0.25, -0.2) is 9.99 Å². The molecule has 2 heterocycles. The molecule has 1 aromatic heterocycles. The summed E-state index contributed by atoms with van der Waals surface area (Å²) in [7, 11) is 0. The van der Waals surface area contributed by atoms with E-state index < -0.39 is 0 Å². The first-order valence-corrected chi connectivity index (χ1v) is 6.80. The molecule has 0 radical (unpaired) electrons. The Morgan fingerprint density at radius 2 is 1.67 bits per heavy atom. The highest BCUT2D eigenvalue weighted by Gasteiger charge is 2.14.